The Morgan fingerprint density at radius 3 is 2.76 bits per heavy atom. The van der Waals surface area contributed by atoms with Gasteiger partial charge in [0.15, 0.2) is 0 Å². The van der Waals surface area contributed by atoms with Crippen molar-refractivity contribution in [2.45, 2.75) is 31.1 Å². The van der Waals surface area contributed by atoms with Crippen LogP contribution in [0.1, 0.15) is 12.0 Å². The van der Waals surface area contributed by atoms with Crippen molar-refractivity contribution in [3.05, 3.63) is 52.7 Å². The van der Waals surface area contributed by atoms with Crippen molar-refractivity contribution in [3.63, 3.8) is 0 Å². The van der Waals surface area contributed by atoms with Crippen LogP contribution in [0.2, 0.25) is 0 Å². The van der Waals surface area contributed by atoms with Crippen molar-refractivity contribution in [2.75, 3.05) is 18.5 Å². The topological polar surface area (TPSA) is 59.6 Å². The van der Waals surface area contributed by atoms with Crippen LogP contribution in [0, 0.1) is 5.92 Å². The predicted octanol–water partition coefficient (Wildman–Crippen LogP) is 3.28. The van der Waals surface area contributed by atoms with Gasteiger partial charge in [-0.05, 0) is 47.4 Å². The number of hydrogen-bond acceptors (Lipinski definition) is 4. The summed E-state index contributed by atoms with van der Waals surface area (Å²) in [6, 6.07) is 11.3. The van der Waals surface area contributed by atoms with Gasteiger partial charge in [0.05, 0.1) is 25.4 Å². The largest absolute Gasteiger partial charge is 0.373 e. The average molecular weight is 358 g/mol. The van der Waals surface area contributed by atoms with Gasteiger partial charge in [-0.15, -0.1) is 0 Å². The Morgan fingerprint density at radius 2 is 1.96 bits per heavy atom. The van der Waals surface area contributed by atoms with E-state index >= 15 is 0 Å². The van der Waals surface area contributed by atoms with Crippen molar-refractivity contribution >= 4 is 23.1 Å². The number of rotatable bonds is 5. The van der Waals surface area contributed by atoms with Crippen LogP contribution in [0.15, 0.2) is 47.2 Å². The first-order valence-corrected chi connectivity index (χ1v) is 9.61. The number of carbonyl (C=O) groups is 1. The number of hydrogen-bond donors (Lipinski definition) is 2. The van der Waals surface area contributed by atoms with Crippen molar-refractivity contribution in [3.8, 4) is 0 Å². The summed E-state index contributed by atoms with van der Waals surface area (Å²) >= 11 is 1.73. The van der Waals surface area contributed by atoms with Gasteiger partial charge in [-0.2, -0.15) is 11.3 Å². The van der Waals surface area contributed by atoms with Crippen molar-refractivity contribution < 1.29 is 14.3 Å². The van der Waals surface area contributed by atoms with Crippen LogP contribution in [0.4, 0.5) is 10.5 Å². The molecule has 2 amide bonds. The number of benzene rings is 1. The summed E-state index contributed by atoms with van der Waals surface area (Å²) in [5.41, 5.74) is 2.15. The Hall–Kier alpha value is -1.89. The van der Waals surface area contributed by atoms with Crippen LogP contribution in [0.3, 0.4) is 0 Å². The second kappa shape index (κ2) is 7.56. The molecule has 25 heavy (non-hydrogen) atoms. The number of aryl methyl sites for hydroxylation is 1. The summed E-state index contributed by atoms with van der Waals surface area (Å²) in [6.07, 6.45) is 2.15. The molecular formula is C19H22N2O3S. The minimum absolute atomic E-state index is 0.0472. The summed E-state index contributed by atoms with van der Waals surface area (Å²) in [7, 11) is 0. The number of anilines is 1. The maximum Gasteiger partial charge on any atom is 0.319 e. The number of para-hydroxylation sites is 1. The molecule has 4 atom stereocenters. The van der Waals surface area contributed by atoms with Gasteiger partial charge >= 0.3 is 6.03 Å². The van der Waals surface area contributed by atoms with Gasteiger partial charge in [0, 0.05) is 11.6 Å². The van der Waals surface area contributed by atoms with Gasteiger partial charge in [0.25, 0.3) is 0 Å². The molecule has 0 radical (unpaired) electrons. The van der Waals surface area contributed by atoms with Crippen LogP contribution in [0.25, 0.3) is 0 Å². The third kappa shape index (κ3) is 3.86. The Kier molecular flexibility index (Phi) is 5.01. The maximum absolute atomic E-state index is 12.2. The molecule has 132 valence electrons. The molecule has 2 aromatic rings. The number of ether oxygens (including phenoxy) is 2. The Balaban J connectivity index is 1.28. The van der Waals surface area contributed by atoms with E-state index in [0.29, 0.717) is 19.1 Å². The minimum atomic E-state index is -0.217. The first kappa shape index (κ1) is 16.6. The highest BCUT2D eigenvalue weighted by molar-refractivity contribution is 7.07. The zero-order valence-electron chi connectivity index (χ0n) is 13.9. The normalized spacial score (nSPS) is 27.8. The number of urea groups is 1. The summed E-state index contributed by atoms with van der Waals surface area (Å²) in [5.74, 6) is 0.397. The molecule has 0 spiro atoms. The van der Waals surface area contributed by atoms with Gasteiger partial charge in [-0.25, -0.2) is 4.79 Å². The second-order valence-corrected chi connectivity index (χ2v) is 7.38. The molecule has 3 heterocycles. The van der Waals surface area contributed by atoms with Crippen molar-refractivity contribution in [1.82, 2.24) is 5.32 Å². The lowest BCUT2D eigenvalue weighted by Gasteiger charge is -2.18. The second-order valence-electron chi connectivity index (χ2n) is 6.60. The van der Waals surface area contributed by atoms with E-state index in [1.165, 1.54) is 5.56 Å². The van der Waals surface area contributed by atoms with E-state index < -0.39 is 0 Å². The zero-order chi connectivity index (χ0) is 17.1. The molecule has 2 aliphatic heterocycles. The summed E-state index contributed by atoms with van der Waals surface area (Å²) in [5, 5.41) is 10.1. The standard InChI is InChI=1S/C19H22N2O3S/c22-19(20-15-4-2-1-3-5-15)21-16-11-24-17-14(10-23-18(16)17)7-6-13-8-9-25-12-13/h1-5,8-9,12,14,16-18H,6-7,10-11H2,(H2,20,21,22)/t14-,16+,17?,18-/m1/s1. The molecule has 2 fully saturated rings. The molecule has 2 N–H and O–H groups in total. The maximum atomic E-state index is 12.2. The molecule has 2 aliphatic rings. The lowest BCUT2D eigenvalue weighted by molar-refractivity contribution is 0.0615. The van der Waals surface area contributed by atoms with E-state index in [-0.39, 0.29) is 24.3 Å². The van der Waals surface area contributed by atoms with Gasteiger partial charge in [-0.3, -0.25) is 0 Å². The summed E-state index contributed by atoms with van der Waals surface area (Å²) < 4.78 is 11.9. The number of fused-ring (bicyclic) bond motifs is 1. The lowest BCUT2D eigenvalue weighted by Crippen LogP contribution is -2.45. The molecule has 0 bridgehead atoms. The third-order valence-corrected chi connectivity index (χ3v) is 5.62. The van der Waals surface area contributed by atoms with Crippen LogP contribution in [-0.4, -0.2) is 37.5 Å². The van der Waals surface area contributed by atoms with Crippen LogP contribution >= 0.6 is 11.3 Å². The summed E-state index contributed by atoms with van der Waals surface area (Å²) in [4.78, 5) is 12.2. The fraction of sp³-hybridized carbons (Fsp3) is 0.421. The van der Waals surface area contributed by atoms with E-state index in [0.717, 1.165) is 18.5 Å². The highest BCUT2D eigenvalue weighted by Gasteiger charge is 2.47. The van der Waals surface area contributed by atoms with Gasteiger partial charge < -0.3 is 20.1 Å². The van der Waals surface area contributed by atoms with Crippen LogP contribution in [-0.2, 0) is 15.9 Å². The van der Waals surface area contributed by atoms with Crippen LogP contribution in [0.5, 0.6) is 0 Å². The van der Waals surface area contributed by atoms with E-state index in [2.05, 4.69) is 27.5 Å². The van der Waals surface area contributed by atoms with E-state index in [1.807, 2.05) is 30.3 Å². The molecule has 1 aromatic heterocycles. The molecule has 6 heteroatoms. The molecular weight excluding hydrogens is 336 g/mol. The zero-order valence-corrected chi connectivity index (χ0v) is 14.7. The molecule has 4 rings (SSSR count). The monoisotopic (exact) mass is 358 g/mol. The molecule has 1 unspecified atom stereocenters. The van der Waals surface area contributed by atoms with E-state index in [4.69, 9.17) is 9.47 Å². The SMILES string of the molecule is O=C(Nc1ccccc1)N[C@H]1COC2[C@H](CCc3ccsc3)CO[C@@H]21. The highest BCUT2D eigenvalue weighted by atomic mass is 32.1. The highest BCUT2D eigenvalue weighted by Crippen LogP contribution is 2.34. The van der Waals surface area contributed by atoms with Gasteiger partial charge in [0.1, 0.15) is 6.10 Å². The van der Waals surface area contributed by atoms with E-state index in [1.54, 1.807) is 11.3 Å². The summed E-state index contributed by atoms with van der Waals surface area (Å²) in [6.45, 7) is 1.21. The number of carbonyl (C=O) groups excluding carboxylic acids is 1. The molecule has 5 nitrogen and oxygen atoms in total. The molecule has 0 aliphatic carbocycles. The molecule has 1 aromatic carbocycles. The van der Waals surface area contributed by atoms with Crippen molar-refractivity contribution in [2.24, 2.45) is 5.92 Å². The first-order valence-electron chi connectivity index (χ1n) is 8.66. The average Bonchev–Trinajstić information content (AvgIpc) is 3.33. The quantitative estimate of drug-likeness (QED) is 0.862. The Labute approximate surface area is 151 Å². The van der Waals surface area contributed by atoms with Crippen LogP contribution < -0.4 is 10.6 Å². The molecule has 0 saturated carbocycles. The number of thiophene rings is 1. The van der Waals surface area contributed by atoms with E-state index in [9.17, 15) is 4.79 Å². The fourth-order valence-corrected chi connectivity index (χ4v) is 4.30. The van der Waals surface area contributed by atoms with Gasteiger partial charge in [0.2, 0.25) is 0 Å². The molecule has 2 saturated heterocycles. The Morgan fingerprint density at radius 1 is 1.12 bits per heavy atom. The smallest absolute Gasteiger partial charge is 0.319 e. The lowest BCUT2D eigenvalue weighted by atomic mass is 9.94. The minimum Gasteiger partial charge on any atom is -0.373 e. The van der Waals surface area contributed by atoms with Gasteiger partial charge in [-0.1, -0.05) is 18.2 Å². The third-order valence-electron chi connectivity index (χ3n) is 4.89. The first-order chi connectivity index (χ1) is 12.3. The van der Waals surface area contributed by atoms with Crippen molar-refractivity contribution in [1.29, 1.82) is 0 Å². The fourth-order valence-electron chi connectivity index (χ4n) is 3.59. The number of nitrogens with one attached hydrogen (secondary N) is 2. The Bertz CT molecular complexity index is 692. The number of amides is 2. The predicted molar refractivity (Wildman–Crippen MR) is 98.0 cm³/mol.